The number of cyclic esters (lactones) is 1. The highest BCUT2D eigenvalue weighted by molar-refractivity contribution is 6.15. The lowest BCUT2D eigenvalue weighted by Gasteiger charge is -2.34. The first-order valence-electron chi connectivity index (χ1n) is 7.81. The molecule has 3 rings (SSSR count). The van der Waals surface area contributed by atoms with Gasteiger partial charge in [-0.25, -0.2) is 23.3 Å². The number of halogens is 2. The predicted octanol–water partition coefficient (Wildman–Crippen LogP) is 1.24. The molecule has 0 saturated carbocycles. The van der Waals surface area contributed by atoms with Crippen molar-refractivity contribution in [1.82, 2.24) is 10.2 Å². The molecule has 11 heteroatoms. The minimum absolute atomic E-state index is 0.00751. The molecule has 2 atom stereocenters. The van der Waals surface area contributed by atoms with Crippen molar-refractivity contribution in [2.24, 2.45) is 10.9 Å². The monoisotopic (exact) mass is 381 g/mol. The average molecular weight is 381 g/mol. The van der Waals surface area contributed by atoms with Gasteiger partial charge in [0.15, 0.2) is 11.6 Å². The fourth-order valence-electron chi connectivity index (χ4n) is 2.93. The number of fused-ring (bicyclic) bond motifs is 1. The van der Waals surface area contributed by atoms with Crippen molar-refractivity contribution < 1.29 is 37.8 Å². The molecule has 2 aliphatic rings. The number of nitrogens with one attached hydrogen (secondary N) is 1. The minimum Gasteiger partial charge on any atom is -0.481 e. The van der Waals surface area contributed by atoms with Crippen LogP contribution >= 0.6 is 0 Å². The van der Waals surface area contributed by atoms with Gasteiger partial charge in [0.05, 0.1) is 18.2 Å². The molecule has 0 bridgehead atoms. The highest BCUT2D eigenvalue weighted by Crippen LogP contribution is 2.37. The van der Waals surface area contributed by atoms with Crippen molar-refractivity contribution in [1.29, 1.82) is 0 Å². The Labute approximate surface area is 150 Å². The van der Waals surface area contributed by atoms with Crippen LogP contribution in [0.15, 0.2) is 23.2 Å². The fourth-order valence-corrected chi connectivity index (χ4v) is 2.93. The number of benzene rings is 1. The van der Waals surface area contributed by atoms with E-state index >= 15 is 0 Å². The smallest absolute Gasteiger partial charge is 0.352 e. The summed E-state index contributed by atoms with van der Waals surface area (Å²) in [4.78, 5) is 51.7. The molecule has 1 saturated heterocycles. The summed E-state index contributed by atoms with van der Waals surface area (Å²) in [5, 5.41) is 10.9. The molecular formula is C16H13F2N3O6. The van der Waals surface area contributed by atoms with Crippen molar-refractivity contribution in [2.45, 2.75) is 12.5 Å². The number of ether oxygens (including phenoxy) is 1. The Morgan fingerprint density at radius 3 is 2.70 bits per heavy atom. The van der Waals surface area contributed by atoms with Crippen LogP contribution < -0.4 is 5.32 Å². The van der Waals surface area contributed by atoms with E-state index in [1.54, 1.807) is 0 Å². The third-order valence-electron chi connectivity index (χ3n) is 4.13. The lowest BCUT2D eigenvalue weighted by Crippen LogP contribution is -2.52. The molecule has 27 heavy (non-hydrogen) atoms. The maximum absolute atomic E-state index is 13.7. The standard InChI is InChI=1S/C16H13F2N3O6/c17-8-2-1-7(5-9(8)18)13-12-10(6-27-14(12)24)20-16(26)21(13)15(25)19-4-3-11(22)23/h1-2,5,12-13H,3-4,6H2,(H,19,25)(H,22,23)/t12?,13-/m0/s1. The molecule has 4 amide bonds. The van der Waals surface area contributed by atoms with Gasteiger partial charge in [-0.05, 0) is 17.7 Å². The number of aliphatic carboxylic acids is 1. The Bertz CT molecular complexity index is 872. The number of esters is 1. The number of urea groups is 2. The van der Waals surface area contributed by atoms with Gasteiger partial charge in [0.2, 0.25) is 0 Å². The third kappa shape index (κ3) is 3.48. The Morgan fingerprint density at radius 1 is 1.30 bits per heavy atom. The Kier molecular flexibility index (Phi) is 4.84. The number of carboxylic acids is 1. The first-order chi connectivity index (χ1) is 12.8. The molecule has 0 spiro atoms. The molecule has 2 N–H and O–H groups in total. The molecule has 1 aromatic carbocycles. The van der Waals surface area contributed by atoms with Gasteiger partial charge in [-0.3, -0.25) is 9.59 Å². The van der Waals surface area contributed by atoms with Gasteiger partial charge in [0, 0.05) is 6.54 Å². The molecule has 1 unspecified atom stereocenters. The second-order valence-electron chi connectivity index (χ2n) is 5.84. The molecule has 2 aliphatic heterocycles. The van der Waals surface area contributed by atoms with Crippen LogP contribution in [0.4, 0.5) is 18.4 Å². The maximum atomic E-state index is 13.7. The number of carbonyl (C=O) groups is 4. The summed E-state index contributed by atoms with van der Waals surface area (Å²) in [5.41, 5.74) is 0.0706. The van der Waals surface area contributed by atoms with Gasteiger partial charge in [0.25, 0.3) is 0 Å². The van der Waals surface area contributed by atoms with Crippen molar-refractivity contribution in [3.63, 3.8) is 0 Å². The second kappa shape index (κ2) is 7.09. The number of carboxylic acid groups (broad SMARTS) is 1. The van der Waals surface area contributed by atoms with Crippen molar-refractivity contribution in [3.05, 3.63) is 35.4 Å². The second-order valence-corrected chi connectivity index (χ2v) is 5.84. The van der Waals surface area contributed by atoms with Gasteiger partial charge >= 0.3 is 24.0 Å². The number of hydrogen-bond acceptors (Lipinski definition) is 5. The topological polar surface area (TPSA) is 125 Å². The lowest BCUT2D eigenvalue weighted by molar-refractivity contribution is -0.142. The number of carbonyl (C=O) groups excluding carboxylic acids is 3. The zero-order valence-corrected chi connectivity index (χ0v) is 13.6. The quantitative estimate of drug-likeness (QED) is 0.756. The molecule has 2 heterocycles. The van der Waals surface area contributed by atoms with E-state index in [4.69, 9.17) is 9.84 Å². The summed E-state index contributed by atoms with van der Waals surface area (Å²) in [6.07, 6.45) is -0.399. The fraction of sp³-hybridized carbons (Fsp3) is 0.312. The summed E-state index contributed by atoms with van der Waals surface area (Å²) in [5.74, 6) is -5.45. The van der Waals surface area contributed by atoms with Crippen LogP contribution in [0.2, 0.25) is 0 Å². The predicted molar refractivity (Wildman–Crippen MR) is 83.9 cm³/mol. The van der Waals surface area contributed by atoms with Crippen molar-refractivity contribution >= 4 is 29.7 Å². The highest BCUT2D eigenvalue weighted by Gasteiger charge is 2.50. The van der Waals surface area contributed by atoms with Crippen LogP contribution in [0.5, 0.6) is 0 Å². The van der Waals surface area contributed by atoms with Gasteiger partial charge < -0.3 is 15.2 Å². The molecule has 0 aromatic heterocycles. The number of aliphatic imine (C=N–C) groups is 1. The molecule has 0 aliphatic carbocycles. The van der Waals surface area contributed by atoms with Gasteiger partial charge in [-0.15, -0.1) is 0 Å². The van der Waals surface area contributed by atoms with E-state index < -0.39 is 54.0 Å². The summed E-state index contributed by atoms with van der Waals surface area (Å²) < 4.78 is 31.8. The van der Waals surface area contributed by atoms with Crippen LogP contribution in [-0.4, -0.2) is 52.9 Å². The molecule has 0 radical (unpaired) electrons. The van der Waals surface area contributed by atoms with Crippen molar-refractivity contribution in [2.75, 3.05) is 13.2 Å². The molecule has 1 aromatic rings. The number of amides is 4. The van der Waals surface area contributed by atoms with Crippen LogP contribution in [0, 0.1) is 17.6 Å². The number of imide groups is 1. The maximum Gasteiger partial charge on any atom is 0.352 e. The van der Waals surface area contributed by atoms with Gasteiger partial charge in [-0.1, -0.05) is 6.07 Å². The summed E-state index contributed by atoms with van der Waals surface area (Å²) in [7, 11) is 0. The first kappa shape index (κ1) is 18.4. The zero-order chi connectivity index (χ0) is 19.7. The van der Waals surface area contributed by atoms with Crippen LogP contribution in [-0.2, 0) is 14.3 Å². The Hall–Kier alpha value is -3.37. The van der Waals surface area contributed by atoms with Crippen LogP contribution in [0.3, 0.4) is 0 Å². The van der Waals surface area contributed by atoms with E-state index in [9.17, 15) is 28.0 Å². The molecule has 9 nitrogen and oxygen atoms in total. The van der Waals surface area contributed by atoms with Crippen LogP contribution in [0.1, 0.15) is 18.0 Å². The first-order valence-corrected chi connectivity index (χ1v) is 7.81. The number of hydrogen-bond donors (Lipinski definition) is 2. The number of rotatable bonds is 4. The highest BCUT2D eigenvalue weighted by atomic mass is 19.2. The van der Waals surface area contributed by atoms with E-state index in [2.05, 4.69) is 10.3 Å². The zero-order valence-electron chi connectivity index (χ0n) is 13.6. The normalized spacial score (nSPS) is 21.4. The Morgan fingerprint density at radius 2 is 2.04 bits per heavy atom. The third-order valence-corrected chi connectivity index (χ3v) is 4.13. The van der Waals surface area contributed by atoms with Crippen molar-refractivity contribution in [3.8, 4) is 0 Å². The van der Waals surface area contributed by atoms with E-state index in [-0.39, 0.29) is 24.4 Å². The summed E-state index contributed by atoms with van der Waals surface area (Å²) in [6, 6.07) is -0.621. The largest absolute Gasteiger partial charge is 0.481 e. The average Bonchev–Trinajstić information content (AvgIpc) is 2.96. The SMILES string of the molecule is O=C(O)CCNC(=O)N1C(=O)N=C2COC(=O)C2[C@@H]1c1ccc(F)c(F)c1. The summed E-state index contributed by atoms with van der Waals surface area (Å²) in [6.45, 7) is -0.530. The van der Waals surface area contributed by atoms with Gasteiger partial charge in [-0.2, -0.15) is 4.99 Å². The molecule has 1 fully saturated rings. The molecular weight excluding hydrogens is 368 g/mol. The van der Waals surface area contributed by atoms with E-state index in [0.717, 1.165) is 18.2 Å². The lowest BCUT2D eigenvalue weighted by atomic mass is 9.88. The molecule has 142 valence electrons. The Balaban J connectivity index is 1.99. The van der Waals surface area contributed by atoms with E-state index in [1.807, 2.05) is 0 Å². The van der Waals surface area contributed by atoms with Gasteiger partial charge in [0.1, 0.15) is 12.5 Å². The minimum atomic E-state index is -1.31. The van der Waals surface area contributed by atoms with E-state index in [0.29, 0.717) is 4.90 Å². The van der Waals surface area contributed by atoms with E-state index in [1.165, 1.54) is 0 Å². The van der Waals surface area contributed by atoms with Crippen LogP contribution in [0.25, 0.3) is 0 Å². The number of nitrogens with zero attached hydrogens (tertiary/aromatic N) is 2. The summed E-state index contributed by atoms with van der Waals surface area (Å²) >= 11 is 0.